The molecule has 3 nitrogen and oxygen atoms in total. The molecule has 3 heteroatoms. The average Bonchev–Trinajstić information content (AvgIpc) is 3.16. The molecular formula is C30H25O3. The van der Waals surface area contributed by atoms with Gasteiger partial charge in [-0.3, -0.25) is 0 Å². The van der Waals surface area contributed by atoms with Crippen LogP contribution in [0.1, 0.15) is 28.2 Å². The molecule has 4 aromatic carbocycles. The molecule has 1 aliphatic rings. The van der Waals surface area contributed by atoms with Crippen LogP contribution in [0.5, 0.6) is 5.75 Å². The van der Waals surface area contributed by atoms with Gasteiger partial charge < -0.3 is 9.47 Å². The van der Waals surface area contributed by atoms with E-state index < -0.39 is 5.97 Å². The lowest BCUT2D eigenvalue weighted by molar-refractivity contribution is -0.142. The van der Waals surface area contributed by atoms with Crippen molar-refractivity contribution < 1.29 is 14.3 Å². The second-order valence-electron chi connectivity index (χ2n) is 8.44. The highest BCUT2D eigenvalue weighted by molar-refractivity contribution is 5.80. The molecule has 0 aromatic heterocycles. The van der Waals surface area contributed by atoms with Crippen LogP contribution in [0, 0.1) is 20.5 Å². The Bertz CT molecular complexity index is 1260. The van der Waals surface area contributed by atoms with E-state index in [4.69, 9.17) is 9.47 Å². The summed E-state index contributed by atoms with van der Waals surface area (Å²) in [6, 6.07) is 30.7. The average molecular weight is 434 g/mol. The van der Waals surface area contributed by atoms with Gasteiger partial charge >= 0.3 is 5.97 Å². The highest BCUT2D eigenvalue weighted by Gasteiger charge is 2.29. The maximum atomic E-state index is 12.4. The molecule has 0 saturated heterocycles. The van der Waals surface area contributed by atoms with Gasteiger partial charge in [0.15, 0.2) is 0 Å². The molecule has 5 rings (SSSR count). The Balaban J connectivity index is 1.20. The van der Waals surface area contributed by atoms with Gasteiger partial charge in [0.25, 0.3) is 0 Å². The van der Waals surface area contributed by atoms with Gasteiger partial charge in [-0.25, -0.2) is 4.79 Å². The van der Waals surface area contributed by atoms with Crippen LogP contribution in [-0.2, 0) is 9.53 Å². The number of aryl methyl sites for hydroxylation is 2. The van der Waals surface area contributed by atoms with Gasteiger partial charge in [-0.15, -0.1) is 0 Å². The third-order valence-electron chi connectivity index (χ3n) is 6.19. The van der Waals surface area contributed by atoms with Crippen molar-refractivity contribution >= 4 is 5.97 Å². The van der Waals surface area contributed by atoms with Gasteiger partial charge in [0, 0.05) is 5.92 Å². The lowest BCUT2D eigenvalue weighted by atomic mass is 9.98. The first-order valence-electron chi connectivity index (χ1n) is 11.1. The SMILES string of the molecule is Cc1ccc(-c2ccc(O[CH]C(=O)OCC3c4ccccc4-c4ccccc43)cc2)c(C)c1. The minimum Gasteiger partial charge on any atom is -0.474 e. The first-order valence-corrected chi connectivity index (χ1v) is 11.1. The van der Waals surface area contributed by atoms with E-state index in [2.05, 4.69) is 56.3 Å². The van der Waals surface area contributed by atoms with Gasteiger partial charge in [0.05, 0.1) is 0 Å². The zero-order valence-electron chi connectivity index (χ0n) is 18.7. The van der Waals surface area contributed by atoms with Crippen LogP contribution in [0.3, 0.4) is 0 Å². The lowest BCUT2D eigenvalue weighted by Gasteiger charge is -2.14. The van der Waals surface area contributed by atoms with Crippen LogP contribution in [0.4, 0.5) is 0 Å². The van der Waals surface area contributed by atoms with E-state index in [1.807, 2.05) is 48.5 Å². The predicted octanol–water partition coefficient (Wildman–Crippen LogP) is 6.87. The van der Waals surface area contributed by atoms with Crippen molar-refractivity contribution in [3.63, 3.8) is 0 Å². The number of hydrogen-bond donors (Lipinski definition) is 0. The summed E-state index contributed by atoms with van der Waals surface area (Å²) in [6.07, 6.45) is 0. The number of rotatable bonds is 6. The number of esters is 1. The van der Waals surface area contributed by atoms with E-state index >= 15 is 0 Å². The van der Waals surface area contributed by atoms with E-state index in [0.717, 1.165) is 12.2 Å². The first kappa shape index (κ1) is 21.0. The minimum absolute atomic E-state index is 0.0341. The molecule has 0 atom stereocenters. The zero-order valence-corrected chi connectivity index (χ0v) is 18.7. The smallest absolute Gasteiger partial charge is 0.352 e. The van der Waals surface area contributed by atoms with Crippen molar-refractivity contribution in [2.24, 2.45) is 0 Å². The molecule has 0 unspecified atom stereocenters. The third kappa shape index (κ3) is 4.27. The number of ether oxygens (including phenoxy) is 2. The monoisotopic (exact) mass is 433 g/mol. The summed E-state index contributed by atoms with van der Waals surface area (Å²) in [6.45, 7) is 5.61. The number of benzene rings is 4. The molecular weight excluding hydrogens is 408 g/mol. The highest BCUT2D eigenvalue weighted by Crippen LogP contribution is 2.44. The van der Waals surface area contributed by atoms with Gasteiger partial charge in [-0.1, -0.05) is 84.4 Å². The van der Waals surface area contributed by atoms with Crippen molar-refractivity contribution in [3.8, 4) is 28.0 Å². The number of carbonyl (C=O) groups excluding carboxylic acids is 1. The van der Waals surface area contributed by atoms with Crippen molar-refractivity contribution in [2.45, 2.75) is 19.8 Å². The van der Waals surface area contributed by atoms with Crippen LogP contribution < -0.4 is 4.74 Å². The molecule has 0 N–H and O–H groups in total. The van der Waals surface area contributed by atoms with E-state index in [0.29, 0.717) is 5.75 Å². The predicted molar refractivity (Wildman–Crippen MR) is 131 cm³/mol. The molecule has 0 heterocycles. The summed E-state index contributed by atoms with van der Waals surface area (Å²) in [5, 5.41) is 0. The van der Waals surface area contributed by atoms with Crippen LogP contribution in [-0.4, -0.2) is 12.6 Å². The number of fused-ring (bicyclic) bond motifs is 3. The van der Waals surface area contributed by atoms with Crippen LogP contribution in [0.2, 0.25) is 0 Å². The summed E-state index contributed by atoms with van der Waals surface area (Å²) in [7, 11) is 0. The maximum absolute atomic E-state index is 12.4. The molecule has 163 valence electrons. The van der Waals surface area contributed by atoms with E-state index in [1.54, 1.807) is 0 Å². The molecule has 0 bridgehead atoms. The van der Waals surface area contributed by atoms with E-state index in [-0.39, 0.29) is 12.5 Å². The molecule has 33 heavy (non-hydrogen) atoms. The molecule has 1 radical (unpaired) electrons. The molecule has 0 aliphatic heterocycles. The Morgan fingerprint density at radius 2 is 1.42 bits per heavy atom. The Kier molecular flexibility index (Phi) is 5.70. The summed E-state index contributed by atoms with van der Waals surface area (Å²) in [5.74, 6) is 0.138. The first-order chi connectivity index (χ1) is 16.1. The number of hydrogen-bond acceptors (Lipinski definition) is 3. The molecule has 0 fully saturated rings. The van der Waals surface area contributed by atoms with Crippen molar-refractivity contribution in [2.75, 3.05) is 6.61 Å². The van der Waals surface area contributed by atoms with Gasteiger partial charge in [-0.05, 0) is 64.9 Å². The fraction of sp³-hybridized carbons (Fsp3) is 0.133. The molecule has 0 spiro atoms. The summed E-state index contributed by atoms with van der Waals surface area (Å²) >= 11 is 0. The van der Waals surface area contributed by atoms with Crippen LogP contribution >= 0.6 is 0 Å². The summed E-state index contributed by atoms with van der Waals surface area (Å²) in [5.41, 5.74) is 9.57. The van der Waals surface area contributed by atoms with E-state index in [1.165, 1.54) is 38.9 Å². The topological polar surface area (TPSA) is 35.5 Å². The lowest BCUT2D eigenvalue weighted by Crippen LogP contribution is -2.14. The fourth-order valence-corrected chi connectivity index (χ4v) is 4.61. The Labute approximate surface area is 194 Å². The van der Waals surface area contributed by atoms with Crippen molar-refractivity contribution in [1.82, 2.24) is 0 Å². The zero-order chi connectivity index (χ0) is 22.8. The quantitative estimate of drug-likeness (QED) is 0.311. The third-order valence-corrected chi connectivity index (χ3v) is 6.19. The highest BCUT2D eigenvalue weighted by atomic mass is 16.6. The van der Waals surface area contributed by atoms with Gasteiger partial charge in [-0.2, -0.15) is 0 Å². The van der Waals surface area contributed by atoms with Gasteiger partial charge in [0.2, 0.25) is 6.61 Å². The standard InChI is InChI=1S/C30H25O3/c1-20-11-16-24(21(2)17-20)22-12-14-23(15-13-22)32-19-30(31)33-18-29-27-9-5-3-7-25(27)26-8-4-6-10-28(26)29/h3-17,19,29H,18H2,1-2H3. The molecule has 1 aliphatic carbocycles. The maximum Gasteiger partial charge on any atom is 0.352 e. The van der Waals surface area contributed by atoms with E-state index in [9.17, 15) is 4.79 Å². The molecule has 0 amide bonds. The fourth-order valence-electron chi connectivity index (χ4n) is 4.61. The second kappa shape index (κ2) is 8.95. The normalized spacial score (nSPS) is 12.2. The van der Waals surface area contributed by atoms with Crippen molar-refractivity contribution in [1.29, 1.82) is 0 Å². The second-order valence-corrected chi connectivity index (χ2v) is 8.44. The van der Waals surface area contributed by atoms with Crippen LogP contribution in [0.25, 0.3) is 22.3 Å². The van der Waals surface area contributed by atoms with Gasteiger partial charge in [0.1, 0.15) is 12.4 Å². The molecule has 0 saturated carbocycles. The Hall–Kier alpha value is -3.85. The summed E-state index contributed by atoms with van der Waals surface area (Å²) in [4.78, 5) is 12.4. The van der Waals surface area contributed by atoms with Crippen LogP contribution in [0.15, 0.2) is 91.0 Å². The largest absolute Gasteiger partial charge is 0.474 e. The minimum atomic E-state index is -0.490. The molecule has 4 aromatic rings. The van der Waals surface area contributed by atoms with Crippen molar-refractivity contribution in [3.05, 3.63) is 120 Å². The Morgan fingerprint density at radius 1 is 0.788 bits per heavy atom. The Morgan fingerprint density at radius 3 is 2.06 bits per heavy atom. The summed E-state index contributed by atoms with van der Waals surface area (Å²) < 4.78 is 11.1. The number of carbonyl (C=O) groups is 1.